The van der Waals surface area contributed by atoms with Crippen LogP contribution in [-0.4, -0.2) is 24.3 Å². The minimum Gasteiger partial charge on any atom is -0.485 e. The van der Waals surface area contributed by atoms with Gasteiger partial charge in [-0.3, -0.25) is 0 Å². The summed E-state index contributed by atoms with van der Waals surface area (Å²) in [5.74, 6) is -0.225. The van der Waals surface area contributed by atoms with Crippen molar-refractivity contribution in [3.8, 4) is 17.6 Å². The van der Waals surface area contributed by atoms with Crippen LogP contribution < -0.4 is 14.4 Å². The molecule has 0 atom stereocenters. The monoisotopic (exact) mass is 642 g/mol. The highest BCUT2D eigenvalue weighted by molar-refractivity contribution is 7.15. The number of anilines is 3. The van der Waals surface area contributed by atoms with Crippen molar-refractivity contribution in [3.05, 3.63) is 127 Å². The molecule has 0 spiro atoms. The van der Waals surface area contributed by atoms with Gasteiger partial charge in [-0.15, -0.1) is 22.7 Å². The zero-order chi connectivity index (χ0) is 32.0. The average Bonchev–Trinajstić information content (AvgIpc) is 3.68. The number of carbonyl (C=O) groups is 1. The molecule has 0 unspecified atom stereocenters. The summed E-state index contributed by atoms with van der Waals surface area (Å²) in [5, 5.41) is 18.5. The first kappa shape index (κ1) is 30.7. The van der Waals surface area contributed by atoms with E-state index in [1.54, 1.807) is 17.4 Å². The number of carboxylic acid groups (broad SMARTS) is 1. The number of aliphatic carboxylic acids is 1. The number of nitriles is 1. The topological polar surface area (TPSA) is 82.8 Å². The van der Waals surface area contributed by atoms with Crippen molar-refractivity contribution in [2.75, 3.05) is 18.1 Å². The third-order valence-corrected chi connectivity index (χ3v) is 9.38. The predicted molar refractivity (Wildman–Crippen MR) is 189 cm³/mol. The zero-order valence-electron chi connectivity index (χ0n) is 25.3. The molecule has 0 bridgehead atoms. The lowest BCUT2D eigenvalue weighted by Gasteiger charge is -2.25. The van der Waals surface area contributed by atoms with Crippen LogP contribution in [0.5, 0.6) is 11.5 Å². The van der Waals surface area contributed by atoms with Gasteiger partial charge in [0.2, 0.25) is 0 Å². The first-order valence-corrected chi connectivity index (χ1v) is 16.3. The normalized spacial score (nSPS) is 12.8. The van der Waals surface area contributed by atoms with E-state index in [1.807, 2.05) is 12.2 Å². The Morgan fingerprint density at radius 1 is 0.717 bits per heavy atom. The van der Waals surface area contributed by atoms with E-state index in [0.29, 0.717) is 29.6 Å². The van der Waals surface area contributed by atoms with Crippen molar-refractivity contribution in [2.45, 2.75) is 13.8 Å². The Hall–Kier alpha value is -5.36. The van der Waals surface area contributed by atoms with Crippen molar-refractivity contribution in [3.63, 3.8) is 0 Å². The smallest absolute Gasteiger partial charge is 0.346 e. The molecule has 6 rings (SSSR count). The van der Waals surface area contributed by atoms with E-state index in [4.69, 9.17) is 9.47 Å². The number of aryl methyl sites for hydroxylation is 2. The fourth-order valence-corrected chi connectivity index (χ4v) is 6.78. The van der Waals surface area contributed by atoms with Crippen molar-refractivity contribution in [1.29, 1.82) is 5.26 Å². The lowest BCUT2D eigenvalue weighted by atomic mass is 10.1. The van der Waals surface area contributed by atoms with Crippen LogP contribution in [0, 0.1) is 25.2 Å². The standard InChI is InChI=1S/C38H30N2O4S2/c1-25-3-10-29(11-4-25)40(30-12-5-26(2)6-13-30)31-14-7-27(8-15-31)9-16-32-17-18-33(45-32)19-20-34-36-37(44-22-21-43-36)35(46-34)23-28(24-39)38(41)42/h3-20,23H,21-22H2,1-2H3,(H,41,42)/b16-9+,20-19+,28-23+. The van der Waals surface area contributed by atoms with E-state index in [1.165, 1.54) is 28.5 Å². The number of ether oxygens (including phenoxy) is 2. The summed E-state index contributed by atoms with van der Waals surface area (Å²) >= 11 is 2.99. The summed E-state index contributed by atoms with van der Waals surface area (Å²) < 4.78 is 11.6. The molecule has 1 aliphatic heterocycles. The second-order valence-electron chi connectivity index (χ2n) is 10.7. The number of benzene rings is 3. The van der Waals surface area contributed by atoms with E-state index in [-0.39, 0.29) is 5.57 Å². The highest BCUT2D eigenvalue weighted by Gasteiger charge is 2.23. The molecule has 8 heteroatoms. The maximum absolute atomic E-state index is 11.4. The van der Waals surface area contributed by atoms with Gasteiger partial charge in [0, 0.05) is 26.8 Å². The molecule has 3 aromatic carbocycles. The van der Waals surface area contributed by atoms with Crippen LogP contribution >= 0.6 is 22.7 Å². The Morgan fingerprint density at radius 2 is 1.22 bits per heavy atom. The lowest BCUT2D eigenvalue weighted by molar-refractivity contribution is -0.132. The Kier molecular flexibility index (Phi) is 9.15. The number of hydrogen-bond donors (Lipinski definition) is 1. The van der Waals surface area contributed by atoms with E-state index >= 15 is 0 Å². The molecule has 46 heavy (non-hydrogen) atoms. The molecule has 0 saturated heterocycles. The molecular formula is C38H30N2O4S2. The number of carboxylic acids is 1. The van der Waals surface area contributed by atoms with Crippen molar-refractivity contribution in [1.82, 2.24) is 0 Å². The number of fused-ring (bicyclic) bond motifs is 1. The number of hydrogen-bond acceptors (Lipinski definition) is 7. The van der Waals surface area contributed by atoms with Crippen LogP contribution in [0.1, 0.15) is 36.2 Å². The molecule has 6 nitrogen and oxygen atoms in total. The third kappa shape index (κ3) is 6.97. The summed E-state index contributed by atoms with van der Waals surface area (Å²) in [5.41, 5.74) is 6.51. The Balaban J connectivity index is 1.18. The van der Waals surface area contributed by atoms with Gasteiger partial charge in [0.1, 0.15) is 24.9 Å². The van der Waals surface area contributed by atoms with Crippen molar-refractivity contribution >= 4 is 76.1 Å². The van der Waals surface area contributed by atoms with Gasteiger partial charge in [-0.2, -0.15) is 5.26 Å². The summed E-state index contributed by atoms with van der Waals surface area (Å²) in [4.78, 5) is 17.1. The maximum Gasteiger partial charge on any atom is 0.346 e. The molecule has 5 aromatic rings. The molecule has 0 aliphatic carbocycles. The molecule has 2 aromatic heterocycles. The van der Waals surface area contributed by atoms with Gasteiger partial charge >= 0.3 is 5.97 Å². The predicted octanol–water partition coefficient (Wildman–Crippen LogP) is 10.00. The molecule has 0 fully saturated rings. The second-order valence-corrected chi connectivity index (χ2v) is 12.9. The summed E-state index contributed by atoms with van der Waals surface area (Å²) in [6.45, 7) is 4.97. The molecule has 0 radical (unpaired) electrons. The summed E-state index contributed by atoms with van der Waals surface area (Å²) in [6.07, 6.45) is 9.49. The lowest BCUT2D eigenvalue weighted by Crippen LogP contribution is -2.15. The quantitative estimate of drug-likeness (QED) is 0.127. The fourth-order valence-electron chi connectivity index (χ4n) is 4.93. The first-order valence-electron chi connectivity index (χ1n) is 14.6. The molecule has 228 valence electrons. The molecule has 1 aliphatic rings. The molecule has 1 N–H and O–H groups in total. The van der Waals surface area contributed by atoms with Crippen molar-refractivity contribution < 1.29 is 19.4 Å². The minimum absolute atomic E-state index is 0.354. The third-order valence-electron chi connectivity index (χ3n) is 7.30. The van der Waals surface area contributed by atoms with Gasteiger partial charge in [0.15, 0.2) is 11.5 Å². The second kappa shape index (κ2) is 13.7. The van der Waals surface area contributed by atoms with Crippen LogP contribution in [0.3, 0.4) is 0 Å². The van der Waals surface area contributed by atoms with Gasteiger partial charge in [-0.05, 0) is 92.2 Å². The van der Waals surface area contributed by atoms with Crippen LogP contribution in [0.15, 0.2) is 90.5 Å². The van der Waals surface area contributed by atoms with Gasteiger partial charge in [-0.25, -0.2) is 4.79 Å². The average molecular weight is 643 g/mol. The first-order chi connectivity index (χ1) is 22.4. The van der Waals surface area contributed by atoms with E-state index in [2.05, 4.69) is 116 Å². The highest BCUT2D eigenvalue weighted by atomic mass is 32.1. The summed E-state index contributed by atoms with van der Waals surface area (Å²) in [6, 6.07) is 31.6. The molecule has 0 saturated carbocycles. The van der Waals surface area contributed by atoms with E-state index < -0.39 is 5.97 Å². The highest BCUT2D eigenvalue weighted by Crippen LogP contribution is 2.46. The largest absolute Gasteiger partial charge is 0.485 e. The molecule has 0 amide bonds. The number of thiophene rings is 2. The Labute approximate surface area is 276 Å². The Morgan fingerprint density at radius 3 is 1.74 bits per heavy atom. The molecular weight excluding hydrogens is 613 g/mol. The van der Waals surface area contributed by atoms with Gasteiger partial charge in [0.05, 0.1) is 9.75 Å². The van der Waals surface area contributed by atoms with Crippen LogP contribution in [0.2, 0.25) is 0 Å². The SMILES string of the molecule is Cc1ccc(N(c2ccc(C)cc2)c2ccc(/C=C/c3ccc(/C=C/c4sc(/C=C(\C#N)C(=O)O)c5c4OCCO5)s3)cc2)cc1. The van der Waals surface area contributed by atoms with Crippen LogP contribution in [-0.2, 0) is 4.79 Å². The minimum atomic E-state index is -1.28. The van der Waals surface area contributed by atoms with E-state index in [0.717, 1.165) is 37.3 Å². The summed E-state index contributed by atoms with van der Waals surface area (Å²) in [7, 11) is 0. The zero-order valence-corrected chi connectivity index (χ0v) is 26.9. The van der Waals surface area contributed by atoms with Gasteiger partial charge in [0.25, 0.3) is 0 Å². The van der Waals surface area contributed by atoms with Crippen molar-refractivity contribution in [2.24, 2.45) is 0 Å². The van der Waals surface area contributed by atoms with Gasteiger partial charge < -0.3 is 19.5 Å². The maximum atomic E-state index is 11.4. The fraction of sp³-hybridized carbons (Fsp3) is 0.105. The van der Waals surface area contributed by atoms with Crippen LogP contribution in [0.25, 0.3) is 30.4 Å². The van der Waals surface area contributed by atoms with Gasteiger partial charge in [-0.1, -0.05) is 53.6 Å². The number of nitrogens with zero attached hydrogens (tertiary/aromatic N) is 2. The number of rotatable bonds is 9. The van der Waals surface area contributed by atoms with E-state index in [9.17, 15) is 15.2 Å². The Bertz CT molecular complexity index is 1950. The van der Waals surface area contributed by atoms with Crippen LogP contribution in [0.4, 0.5) is 17.1 Å². The molecule has 3 heterocycles.